The normalized spacial score (nSPS) is 32.8. The zero-order valence-electron chi connectivity index (χ0n) is 6.12. The topological polar surface area (TPSA) is 20.3 Å². The Bertz CT molecular complexity index is 278. The van der Waals surface area contributed by atoms with Gasteiger partial charge in [-0.2, -0.15) is 13.2 Å². The van der Waals surface area contributed by atoms with Crippen molar-refractivity contribution < 1.29 is 18.0 Å². The highest BCUT2D eigenvalue weighted by Crippen LogP contribution is 2.47. The van der Waals surface area contributed by atoms with Crippen molar-refractivity contribution in [1.29, 1.82) is 0 Å². The Balaban J connectivity index is 2.11. The van der Waals surface area contributed by atoms with Crippen molar-refractivity contribution in [2.24, 2.45) is 0 Å². The van der Waals surface area contributed by atoms with Crippen LogP contribution in [0.25, 0.3) is 0 Å². The number of thioether (sulfide) groups is 1. The van der Waals surface area contributed by atoms with E-state index in [9.17, 15) is 18.0 Å². The summed E-state index contributed by atoms with van der Waals surface area (Å²) in [5, 5.41) is -2.07. The van der Waals surface area contributed by atoms with Crippen LogP contribution >= 0.6 is 23.7 Å². The van der Waals surface area contributed by atoms with Gasteiger partial charge in [-0.3, -0.25) is 9.10 Å². The molecule has 0 aromatic rings. The highest BCUT2D eigenvalue weighted by atomic mass is 32.2. The van der Waals surface area contributed by atoms with Gasteiger partial charge in [0.1, 0.15) is 10.6 Å². The van der Waals surface area contributed by atoms with Gasteiger partial charge in [-0.05, 0) is 23.7 Å². The van der Waals surface area contributed by atoms with Crippen LogP contribution in [0.1, 0.15) is 0 Å². The standard InChI is InChI=1S/C6H4F3NOS2/c7-6(8,9)3-1-2-4-10(13-3)5(11)12-4/h1-4H/t3?,4-/m1/s1. The Hall–Kier alpha value is -0.300. The molecule has 72 valence electrons. The predicted molar refractivity (Wildman–Crippen MR) is 45.2 cm³/mol. The molecule has 0 radical (unpaired) electrons. The third-order valence-corrected chi connectivity index (χ3v) is 4.16. The Morgan fingerprint density at radius 2 is 2.08 bits per heavy atom. The quantitative estimate of drug-likeness (QED) is 0.468. The van der Waals surface area contributed by atoms with Gasteiger partial charge in [0.25, 0.3) is 5.24 Å². The van der Waals surface area contributed by atoms with Crippen LogP contribution in [0.5, 0.6) is 0 Å². The molecule has 1 saturated heterocycles. The van der Waals surface area contributed by atoms with Crippen LogP contribution < -0.4 is 0 Å². The molecule has 2 rings (SSSR count). The fraction of sp³-hybridized carbons (Fsp3) is 0.500. The van der Waals surface area contributed by atoms with Crippen molar-refractivity contribution in [1.82, 2.24) is 4.31 Å². The van der Waals surface area contributed by atoms with Crippen molar-refractivity contribution in [3.05, 3.63) is 12.2 Å². The van der Waals surface area contributed by atoms with E-state index in [2.05, 4.69) is 0 Å². The summed E-state index contributed by atoms with van der Waals surface area (Å²) in [5.74, 6) is 0. The Morgan fingerprint density at radius 1 is 1.38 bits per heavy atom. The first-order valence-electron chi connectivity index (χ1n) is 3.40. The molecule has 1 unspecified atom stereocenters. The molecule has 7 heteroatoms. The minimum absolute atomic E-state index is 0.198. The highest BCUT2D eigenvalue weighted by Gasteiger charge is 2.48. The summed E-state index contributed by atoms with van der Waals surface area (Å²) in [4.78, 5) is 10.8. The second-order valence-electron chi connectivity index (χ2n) is 2.55. The van der Waals surface area contributed by atoms with E-state index in [1.165, 1.54) is 6.08 Å². The van der Waals surface area contributed by atoms with E-state index in [1.807, 2.05) is 0 Å². The Morgan fingerprint density at radius 3 is 2.62 bits per heavy atom. The molecule has 0 aromatic heterocycles. The van der Waals surface area contributed by atoms with E-state index in [1.54, 1.807) is 0 Å². The van der Waals surface area contributed by atoms with Gasteiger partial charge in [-0.15, -0.1) is 0 Å². The Kier molecular flexibility index (Phi) is 2.03. The smallest absolute Gasteiger partial charge is 0.261 e. The average Bonchev–Trinajstić information content (AvgIpc) is 2.00. The number of hydrogen-bond donors (Lipinski definition) is 0. The van der Waals surface area contributed by atoms with E-state index in [0.29, 0.717) is 11.9 Å². The van der Waals surface area contributed by atoms with Crippen molar-refractivity contribution in [2.75, 3.05) is 0 Å². The lowest BCUT2D eigenvalue weighted by Gasteiger charge is -2.40. The number of fused-ring (bicyclic) bond motifs is 1. The van der Waals surface area contributed by atoms with Crippen LogP contribution in [0.2, 0.25) is 0 Å². The molecule has 2 atom stereocenters. The number of carbonyl (C=O) groups is 1. The van der Waals surface area contributed by atoms with Crippen LogP contribution in [0, 0.1) is 0 Å². The zero-order valence-corrected chi connectivity index (χ0v) is 7.75. The Labute approximate surface area is 80.7 Å². The number of rotatable bonds is 0. The minimum atomic E-state index is -4.27. The monoisotopic (exact) mass is 227 g/mol. The zero-order chi connectivity index (χ0) is 9.64. The van der Waals surface area contributed by atoms with Crippen LogP contribution in [0.15, 0.2) is 12.2 Å². The second-order valence-corrected chi connectivity index (χ2v) is 4.73. The van der Waals surface area contributed by atoms with Crippen molar-refractivity contribution in [3.8, 4) is 0 Å². The summed E-state index contributed by atoms with van der Waals surface area (Å²) in [6.45, 7) is 0. The molecule has 0 saturated carbocycles. The summed E-state index contributed by atoms with van der Waals surface area (Å²) in [7, 11) is 0. The largest absolute Gasteiger partial charge is 0.405 e. The summed E-state index contributed by atoms with van der Waals surface area (Å²) in [6.07, 6.45) is -1.75. The maximum absolute atomic E-state index is 12.2. The molecule has 0 aliphatic carbocycles. The number of alkyl halides is 3. The second kappa shape index (κ2) is 2.84. The van der Waals surface area contributed by atoms with E-state index >= 15 is 0 Å². The van der Waals surface area contributed by atoms with E-state index in [4.69, 9.17) is 0 Å². The number of amides is 1. The summed E-state index contributed by atoms with van der Waals surface area (Å²) in [5.41, 5.74) is 0. The predicted octanol–water partition coefficient (Wildman–Crippen LogP) is 2.63. The lowest BCUT2D eigenvalue weighted by Crippen LogP contribution is -2.46. The molecule has 0 N–H and O–H groups in total. The molecule has 0 bridgehead atoms. The van der Waals surface area contributed by atoms with Gasteiger partial charge in [0.05, 0.1) is 0 Å². The van der Waals surface area contributed by atoms with Crippen molar-refractivity contribution in [3.63, 3.8) is 0 Å². The molecule has 13 heavy (non-hydrogen) atoms. The molecule has 2 aliphatic rings. The maximum Gasteiger partial charge on any atom is 0.405 e. The van der Waals surface area contributed by atoms with Crippen LogP contribution in [-0.4, -0.2) is 26.3 Å². The molecule has 2 aliphatic heterocycles. The van der Waals surface area contributed by atoms with Crippen LogP contribution in [0.3, 0.4) is 0 Å². The fourth-order valence-corrected chi connectivity index (χ4v) is 2.96. The van der Waals surface area contributed by atoms with Gasteiger partial charge in [-0.1, -0.05) is 12.2 Å². The molecular formula is C6H4F3NOS2. The molecule has 1 amide bonds. The molecule has 1 fully saturated rings. The fourth-order valence-electron chi connectivity index (χ4n) is 1.00. The SMILES string of the molecule is O=C1S[C@@H]2C=CC(C(F)(F)F)SN12. The lowest BCUT2D eigenvalue weighted by molar-refractivity contribution is -0.120. The first-order chi connectivity index (χ1) is 5.98. The van der Waals surface area contributed by atoms with Gasteiger partial charge in [0.15, 0.2) is 0 Å². The number of halogens is 3. The van der Waals surface area contributed by atoms with Gasteiger partial charge in [0, 0.05) is 0 Å². The van der Waals surface area contributed by atoms with Gasteiger partial charge >= 0.3 is 6.18 Å². The molecule has 2 heterocycles. The highest BCUT2D eigenvalue weighted by molar-refractivity contribution is 8.19. The summed E-state index contributed by atoms with van der Waals surface area (Å²) >= 11 is 1.58. The van der Waals surface area contributed by atoms with Gasteiger partial charge in [-0.25, -0.2) is 0 Å². The van der Waals surface area contributed by atoms with E-state index < -0.39 is 11.4 Å². The van der Waals surface area contributed by atoms with E-state index in [0.717, 1.165) is 22.1 Å². The van der Waals surface area contributed by atoms with Crippen LogP contribution in [0.4, 0.5) is 18.0 Å². The van der Waals surface area contributed by atoms with Gasteiger partial charge < -0.3 is 0 Å². The molecule has 0 spiro atoms. The summed E-state index contributed by atoms with van der Waals surface area (Å²) < 4.78 is 37.7. The average molecular weight is 227 g/mol. The van der Waals surface area contributed by atoms with Gasteiger partial charge in [0.2, 0.25) is 0 Å². The van der Waals surface area contributed by atoms with Crippen molar-refractivity contribution >= 4 is 28.9 Å². The van der Waals surface area contributed by atoms with Crippen LogP contribution in [-0.2, 0) is 0 Å². The number of carbonyl (C=O) groups excluding carboxylic acids is 1. The lowest BCUT2D eigenvalue weighted by atomic mass is 10.3. The first kappa shape index (κ1) is 9.26. The first-order valence-corrected chi connectivity index (χ1v) is 5.12. The molecule has 0 aromatic carbocycles. The number of nitrogens with zero attached hydrogens (tertiary/aromatic N) is 1. The maximum atomic E-state index is 12.2. The van der Waals surface area contributed by atoms with Crippen molar-refractivity contribution in [2.45, 2.75) is 16.8 Å². The minimum Gasteiger partial charge on any atom is -0.261 e. The van der Waals surface area contributed by atoms with E-state index in [-0.39, 0.29) is 10.6 Å². The number of hydrogen-bond acceptors (Lipinski definition) is 3. The third-order valence-electron chi connectivity index (χ3n) is 1.63. The summed E-state index contributed by atoms with van der Waals surface area (Å²) in [6, 6.07) is 0. The molecular weight excluding hydrogens is 223 g/mol. The third kappa shape index (κ3) is 1.54. The molecule has 2 nitrogen and oxygen atoms in total.